The molecule has 0 aliphatic carbocycles. The van der Waals surface area contributed by atoms with Crippen LogP contribution in [0, 0.1) is 0 Å². The minimum atomic E-state index is -4.47. The lowest BCUT2D eigenvalue weighted by Crippen LogP contribution is -2.19. The van der Waals surface area contributed by atoms with E-state index in [4.69, 9.17) is 42.6 Å². The van der Waals surface area contributed by atoms with E-state index < -0.39 is 17.7 Å². The van der Waals surface area contributed by atoms with E-state index >= 15 is 0 Å². The van der Waals surface area contributed by atoms with Crippen molar-refractivity contribution in [1.29, 1.82) is 0 Å². The number of nitrogens with zero attached hydrogens (tertiary/aromatic N) is 1. The summed E-state index contributed by atoms with van der Waals surface area (Å²) < 4.78 is 87.9. The molecule has 0 aromatic heterocycles. The third-order valence-electron chi connectivity index (χ3n) is 6.36. The molecule has 1 N–H and O–H groups in total. The summed E-state index contributed by atoms with van der Waals surface area (Å²) in [5.41, 5.74) is -0.0804. The first kappa shape index (κ1) is 42.3. The van der Waals surface area contributed by atoms with E-state index in [-0.39, 0.29) is 24.5 Å². The molecule has 0 fully saturated rings. The Morgan fingerprint density at radius 2 is 1.02 bits per heavy atom. The van der Waals surface area contributed by atoms with Crippen molar-refractivity contribution < 1.29 is 60.6 Å². The normalized spacial score (nSPS) is 11.7. The minimum absolute atomic E-state index is 0.00259. The summed E-state index contributed by atoms with van der Waals surface area (Å²) in [5.74, 6) is -0.626. The molecule has 0 aliphatic rings. The average Bonchev–Trinajstić information content (AvgIpc) is 3.07. The van der Waals surface area contributed by atoms with Crippen molar-refractivity contribution in [3.8, 4) is 0 Å². The number of carbonyl (C=O) groups is 1. The molecule has 2 aromatic rings. The van der Waals surface area contributed by atoms with Crippen LogP contribution >= 0.6 is 0 Å². The average molecular weight is 705 g/mol. The number of benzene rings is 2. The van der Waals surface area contributed by atoms with E-state index in [1.165, 1.54) is 18.2 Å². The lowest BCUT2D eigenvalue weighted by Gasteiger charge is -2.13. The molecule has 12 nitrogen and oxygen atoms in total. The predicted octanol–water partition coefficient (Wildman–Crippen LogP) is 4.30. The molecule has 0 heterocycles. The molecule has 49 heavy (non-hydrogen) atoms. The first-order valence-electron chi connectivity index (χ1n) is 16.2. The van der Waals surface area contributed by atoms with Crippen molar-refractivity contribution in [2.24, 2.45) is 0 Å². The molecule has 0 saturated carbocycles. The maximum absolute atomic E-state index is 13.0. The Morgan fingerprint density at radius 3 is 1.47 bits per heavy atom. The van der Waals surface area contributed by atoms with Gasteiger partial charge >= 0.3 is 12.1 Å². The van der Waals surface area contributed by atoms with Crippen molar-refractivity contribution in [2.45, 2.75) is 6.18 Å². The molecule has 0 spiro atoms. The third kappa shape index (κ3) is 21.8. The number of alkyl halides is 3. The number of anilines is 2. The van der Waals surface area contributed by atoms with E-state index in [9.17, 15) is 18.0 Å². The van der Waals surface area contributed by atoms with Crippen LogP contribution in [0.2, 0.25) is 0 Å². The summed E-state index contributed by atoms with van der Waals surface area (Å²) >= 11 is 0. The topological polar surface area (TPSA) is 115 Å². The van der Waals surface area contributed by atoms with E-state index in [1.54, 1.807) is 18.2 Å². The van der Waals surface area contributed by atoms with Gasteiger partial charge in [-0.05, 0) is 44.4 Å². The van der Waals surface area contributed by atoms with Crippen LogP contribution in [-0.2, 0) is 48.8 Å². The highest BCUT2D eigenvalue weighted by Crippen LogP contribution is 2.32. The number of carbonyl (C=O) groups excluding carboxylic acids is 1. The number of rotatable bonds is 30. The van der Waals surface area contributed by atoms with Crippen molar-refractivity contribution >= 4 is 17.3 Å². The first-order valence-corrected chi connectivity index (χ1v) is 16.2. The summed E-state index contributed by atoms with van der Waals surface area (Å²) in [4.78, 5) is 14.6. The maximum Gasteiger partial charge on any atom is 0.416 e. The molecule has 2 rings (SSSR count). The van der Waals surface area contributed by atoms with E-state index in [0.29, 0.717) is 105 Å². The van der Waals surface area contributed by atoms with Crippen LogP contribution in [0.1, 0.15) is 15.9 Å². The van der Waals surface area contributed by atoms with Gasteiger partial charge in [0.25, 0.3) is 0 Å². The molecule has 0 bridgehead atoms. The molecule has 0 radical (unpaired) electrons. The molecule has 0 amide bonds. The van der Waals surface area contributed by atoms with Crippen molar-refractivity contribution in [1.82, 2.24) is 4.90 Å². The number of likely N-dealkylation sites (N-methyl/N-ethyl adjacent to an activating group) is 1. The molecule has 2 aromatic carbocycles. The second-order valence-corrected chi connectivity index (χ2v) is 10.6. The van der Waals surface area contributed by atoms with Gasteiger partial charge in [-0.1, -0.05) is 18.2 Å². The Kier molecular flexibility index (Phi) is 23.3. The molecule has 0 saturated heterocycles. The van der Waals surface area contributed by atoms with Gasteiger partial charge in [0.15, 0.2) is 0 Å². The molecule has 15 heteroatoms. The second-order valence-electron chi connectivity index (χ2n) is 10.6. The van der Waals surface area contributed by atoms with Crippen LogP contribution in [0.4, 0.5) is 24.5 Å². The van der Waals surface area contributed by atoms with Crippen molar-refractivity contribution in [2.75, 3.05) is 138 Å². The van der Waals surface area contributed by atoms with E-state index in [2.05, 4.69) is 10.2 Å². The van der Waals surface area contributed by atoms with Crippen LogP contribution in [0.3, 0.4) is 0 Å². The highest BCUT2D eigenvalue weighted by Gasteiger charge is 2.30. The zero-order chi connectivity index (χ0) is 35.4. The summed E-state index contributed by atoms with van der Waals surface area (Å²) in [6, 6.07) is 11.1. The SMILES string of the molecule is CN(C)CCOCCOCCOCCOCCOCCOCCOCCOCCOC(=O)c1ccccc1Nc1cccc(C(F)(F)F)c1. The third-order valence-corrected chi connectivity index (χ3v) is 6.36. The minimum Gasteiger partial charge on any atom is -0.460 e. The molecule has 0 aliphatic heterocycles. The largest absolute Gasteiger partial charge is 0.460 e. The quantitative estimate of drug-likeness (QED) is 0.0924. The van der Waals surface area contributed by atoms with Gasteiger partial charge in [-0.3, -0.25) is 0 Å². The molecule has 278 valence electrons. The fourth-order valence-corrected chi connectivity index (χ4v) is 3.86. The van der Waals surface area contributed by atoms with Gasteiger partial charge < -0.3 is 52.8 Å². The van der Waals surface area contributed by atoms with Gasteiger partial charge in [0.05, 0.1) is 123 Å². The van der Waals surface area contributed by atoms with Crippen molar-refractivity contribution in [3.63, 3.8) is 0 Å². The Bertz CT molecular complexity index is 1130. The van der Waals surface area contributed by atoms with Gasteiger partial charge in [-0.25, -0.2) is 4.79 Å². The fourth-order valence-electron chi connectivity index (χ4n) is 3.86. The number of nitrogens with one attached hydrogen (secondary N) is 1. The number of halogens is 3. The van der Waals surface area contributed by atoms with Gasteiger partial charge in [-0.2, -0.15) is 13.2 Å². The predicted molar refractivity (Wildman–Crippen MR) is 177 cm³/mol. The molecular formula is C34H51F3N2O10. The molecule has 0 atom stereocenters. The van der Waals surface area contributed by atoms with E-state index in [0.717, 1.165) is 18.7 Å². The fraction of sp³-hybridized carbons (Fsp3) is 0.618. The van der Waals surface area contributed by atoms with Crippen LogP contribution in [0.15, 0.2) is 48.5 Å². The van der Waals surface area contributed by atoms with Crippen LogP contribution in [-0.4, -0.2) is 144 Å². The molecular weight excluding hydrogens is 653 g/mol. The second kappa shape index (κ2) is 26.9. The zero-order valence-electron chi connectivity index (χ0n) is 28.5. The lowest BCUT2D eigenvalue weighted by atomic mass is 10.1. The van der Waals surface area contributed by atoms with Gasteiger partial charge in [0, 0.05) is 12.2 Å². The summed E-state index contributed by atoms with van der Waals surface area (Å²) in [6.45, 7) is 8.19. The highest BCUT2D eigenvalue weighted by atomic mass is 19.4. The number of hydrogen-bond acceptors (Lipinski definition) is 12. The number of ether oxygens (including phenoxy) is 9. The standard InChI is InChI=1S/C34H51F3N2O10/c1-39(2)10-11-41-12-13-42-14-15-43-16-17-44-18-19-45-20-21-46-22-23-47-24-25-48-26-27-49-33(40)31-8-3-4-9-32(31)38-30-7-5-6-29(28-30)34(35,36)37/h3-9,28,38H,10-27H2,1-2H3. The molecule has 0 unspecified atom stereocenters. The van der Waals surface area contributed by atoms with E-state index in [1.807, 2.05) is 14.1 Å². The lowest BCUT2D eigenvalue weighted by molar-refractivity contribution is -0.137. The Balaban J connectivity index is 1.34. The Labute approximate surface area is 287 Å². The monoisotopic (exact) mass is 704 g/mol. The first-order chi connectivity index (χ1) is 23.8. The number of esters is 1. The summed E-state index contributed by atoms with van der Waals surface area (Å²) in [5, 5.41) is 2.86. The van der Waals surface area contributed by atoms with Gasteiger partial charge in [-0.15, -0.1) is 0 Å². The summed E-state index contributed by atoms with van der Waals surface area (Å²) in [7, 11) is 4.01. The Morgan fingerprint density at radius 1 is 0.592 bits per heavy atom. The zero-order valence-corrected chi connectivity index (χ0v) is 28.5. The van der Waals surface area contributed by atoms with Crippen LogP contribution in [0.25, 0.3) is 0 Å². The number of hydrogen-bond donors (Lipinski definition) is 1. The smallest absolute Gasteiger partial charge is 0.416 e. The van der Waals surface area contributed by atoms with Crippen LogP contribution < -0.4 is 5.32 Å². The summed E-state index contributed by atoms with van der Waals surface area (Å²) in [6.07, 6.45) is -4.47. The van der Waals surface area contributed by atoms with Crippen LogP contribution in [0.5, 0.6) is 0 Å². The van der Waals surface area contributed by atoms with Gasteiger partial charge in [0.1, 0.15) is 6.61 Å². The van der Waals surface area contributed by atoms with Crippen molar-refractivity contribution in [3.05, 3.63) is 59.7 Å². The maximum atomic E-state index is 13.0. The Hall–Kier alpha value is -2.86. The number of para-hydroxylation sites is 1. The highest BCUT2D eigenvalue weighted by molar-refractivity contribution is 5.96. The van der Waals surface area contributed by atoms with Gasteiger partial charge in [0.2, 0.25) is 0 Å².